The summed E-state index contributed by atoms with van der Waals surface area (Å²) in [6, 6.07) is 0. The van der Waals surface area contributed by atoms with Gasteiger partial charge in [-0.15, -0.1) is 0 Å². The van der Waals surface area contributed by atoms with E-state index >= 15 is 0 Å². The number of aryl methyl sites for hydroxylation is 2. The molecule has 8 nitrogen and oxygen atoms in total. The van der Waals surface area contributed by atoms with Gasteiger partial charge in [-0.2, -0.15) is 0 Å². The van der Waals surface area contributed by atoms with Crippen LogP contribution < -0.4 is 11.3 Å². The molecule has 0 unspecified atom stereocenters. The molecule has 2 aromatic heterocycles. The van der Waals surface area contributed by atoms with Crippen molar-refractivity contribution in [2.75, 3.05) is 13.1 Å². The number of aromatic nitrogens is 2. The third kappa shape index (κ3) is 2.79. The Morgan fingerprint density at radius 3 is 2.62 bits per heavy atom. The Hall–Kier alpha value is -2.64. The van der Waals surface area contributed by atoms with E-state index in [2.05, 4.69) is 4.98 Å². The van der Waals surface area contributed by atoms with Crippen molar-refractivity contribution >= 4 is 22.9 Å². The highest BCUT2D eigenvalue weighted by Gasteiger charge is 2.26. The van der Waals surface area contributed by atoms with Crippen molar-refractivity contribution in [1.29, 1.82) is 0 Å². The van der Waals surface area contributed by atoms with Crippen LogP contribution in [0.1, 0.15) is 24.2 Å². The minimum absolute atomic E-state index is 0.0767. The van der Waals surface area contributed by atoms with Crippen LogP contribution in [-0.2, 0) is 16.1 Å². The van der Waals surface area contributed by atoms with Crippen LogP contribution in [0.25, 0.3) is 11.1 Å². The standard InChI is InChI=1S/C16H20N4O4/c1-9-10(2)24-15-13(9)16(23)20(8-18-15)7-12(21)19-5-3-11(4-6-19)14(17)22/h8,11H,3-7H2,1-2H3,(H2,17,22). The van der Waals surface area contributed by atoms with E-state index < -0.39 is 0 Å². The summed E-state index contributed by atoms with van der Waals surface area (Å²) in [6.45, 7) is 4.44. The van der Waals surface area contributed by atoms with E-state index in [9.17, 15) is 14.4 Å². The Balaban J connectivity index is 1.77. The lowest BCUT2D eigenvalue weighted by Gasteiger charge is -2.30. The lowest BCUT2D eigenvalue weighted by atomic mass is 9.96. The molecule has 2 amide bonds. The molecule has 1 saturated heterocycles. The largest absolute Gasteiger partial charge is 0.443 e. The van der Waals surface area contributed by atoms with Crippen molar-refractivity contribution in [1.82, 2.24) is 14.5 Å². The summed E-state index contributed by atoms with van der Waals surface area (Å²) >= 11 is 0. The molecule has 1 fully saturated rings. The molecule has 128 valence electrons. The zero-order valence-corrected chi connectivity index (χ0v) is 13.7. The molecule has 0 saturated carbocycles. The fourth-order valence-corrected chi connectivity index (χ4v) is 3.04. The number of carbonyl (C=O) groups is 2. The number of rotatable bonds is 3. The summed E-state index contributed by atoms with van der Waals surface area (Å²) < 4.78 is 6.72. The first-order chi connectivity index (χ1) is 11.4. The average molecular weight is 332 g/mol. The van der Waals surface area contributed by atoms with Crippen molar-refractivity contribution in [3.8, 4) is 0 Å². The van der Waals surface area contributed by atoms with Gasteiger partial charge in [0.25, 0.3) is 5.56 Å². The fourth-order valence-electron chi connectivity index (χ4n) is 3.04. The van der Waals surface area contributed by atoms with Gasteiger partial charge in [-0.3, -0.25) is 19.0 Å². The van der Waals surface area contributed by atoms with Crippen LogP contribution in [0.2, 0.25) is 0 Å². The van der Waals surface area contributed by atoms with E-state index in [0.29, 0.717) is 42.8 Å². The molecule has 3 rings (SSSR count). The molecule has 2 N–H and O–H groups in total. The number of nitrogens with zero attached hydrogens (tertiary/aromatic N) is 3. The number of hydrogen-bond acceptors (Lipinski definition) is 5. The first-order valence-electron chi connectivity index (χ1n) is 7.90. The molecular formula is C16H20N4O4. The van der Waals surface area contributed by atoms with Gasteiger partial charge in [-0.1, -0.05) is 0 Å². The molecule has 0 aliphatic carbocycles. The second-order valence-electron chi connectivity index (χ2n) is 6.20. The molecule has 24 heavy (non-hydrogen) atoms. The maximum absolute atomic E-state index is 12.6. The Morgan fingerprint density at radius 2 is 2.00 bits per heavy atom. The van der Waals surface area contributed by atoms with E-state index in [-0.39, 0.29) is 29.8 Å². The fraction of sp³-hybridized carbons (Fsp3) is 0.500. The predicted octanol–water partition coefficient (Wildman–Crippen LogP) is 0.330. The Kier molecular flexibility index (Phi) is 4.13. The van der Waals surface area contributed by atoms with E-state index in [1.54, 1.807) is 18.7 Å². The average Bonchev–Trinajstić information content (AvgIpc) is 2.85. The molecule has 0 spiro atoms. The SMILES string of the molecule is Cc1oc2ncn(CC(=O)N3CCC(C(N)=O)CC3)c(=O)c2c1C. The number of hydrogen-bond donors (Lipinski definition) is 1. The number of likely N-dealkylation sites (tertiary alicyclic amines) is 1. The van der Waals surface area contributed by atoms with Crippen LogP contribution >= 0.6 is 0 Å². The highest BCUT2D eigenvalue weighted by molar-refractivity contribution is 5.80. The molecule has 3 heterocycles. The van der Waals surface area contributed by atoms with Crippen molar-refractivity contribution in [2.45, 2.75) is 33.2 Å². The molecule has 1 aliphatic heterocycles. The van der Waals surface area contributed by atoms with E-state index in [1.807, 2.05) is 0 Å². The number of carbonyl (C=O) groups excluding carboxylic acids is 2. The van der Waals surface area contributed by atoms with Crippen LogP contribution in [0.15, 0.2) is 15.5 Å². The van der Waals surface area contributed by atoms with Gasteiger partial charge in [0.15, 0.2) is 0 Å². The molecule has 0 bridgehead atoms. The molecular weight excluding hydrogens is 312 g/mol. The quantitative estimate of drug-likeness (QED) is 0.870. The first-order valence-corrected chi connectivity index (χ1v) is 7.90. The number of fused-ring (bicyclic) bond motifs is 1. The van der Waals surface area contributed by atoms with Gasteiger partial charge >= 0.3 is 0 Å². The lowest BCUT2D eigenvalue weighted by Crippen LogP contribution is -2.43. The van der Waals surface area contributed by atoms with Gasteiger partial charge in [0, 0.05) is 24.6 Å². The topological polar surface area (TPSA) is 111 Å². The van der Waals surface area contributed by atoms with Gasteiger partial charge in [0.1, 0.15) is 24.0 Å². The normalized spacial score (nSPS) is 15.8. The van der Waals surface area contributed by atoms with Gasteiger partial charge in [-0.25, -0.2) is 4.98 Å². The number of primary amides is 1. The third-order valence-electron chi connectivity index (χ3n) is 4.71. The summed E-state index contributed by atoms with van der Waals surface area (Å²) in [4.78, 5) is 41.9. The van der Waals surface area contributed by atoms with Gasteiger partial charge in [0.2, 0.25) is 17.5 Å². The number of piperidine rings is 1. The number of nitrogens with two attached hydrogens (primary N) is 1. The maximum Gasteiger partial charge on any atom is 0.265 e. The van der Waals surface area contributed by atoms with Crippen LogP contribution in [0, 0.1) is 19.8 Å². The maximum atomic E-state index is 12.6. The van der Waals surface area contributed by atoms with E-state index in [4.69, 9.17) is 10.2 Å². The zero-order valence-electron chi connectivity index (χ0n) is 13.7. The van der Waals surface area contributed by atoms with Gasteiger partial charge in [-0.05, 0) is 26.7 Å². The molecule has 0 atom stereocenters. The lowest BCUT2D eigenvalue weighted by molar-refractivity contribution is -0.135. The smallest absolute Gasteiger partial charge is 0.265 e. The van der Waals surface area contributed by atoms with Gasteiger partial charge in [0.05, 0.1) is 0 Å². The van der Waals surface area contributed by atoms with Crippen LogP contribution in [0.4, 0.5) is 0 Å². The molecule has 0 aromatic carbocycles. The van der Waals surface area contributed by atoms with Crippen molar-refractivity contribution in [2.24, 2.45) is 11.7 Å². The van der Waals surface area contributed by atoms with Crippen LogP contribution in [0.5, 0.6) is 0 Å². The van der Waals surface area contributed by atoms with Crippen molar-refractivity contribution in [3.63, 3.8) is 0 Å². The molecule has 0 radical (unpaired) electrons. The summed E-state index contributed by atoms with van der Waals surface area (Å²) in [5.41, 5.74) is 6.05. The van der Waals surface area contributed by atoms with Crippen LogP contribution in [0.3, 0.4) is 0 Å². The monoisotopic (exact) mass is 332 g/mol. The van der Waals surface area contributed by atoms with Gasteiger partial charge < -0.3 is 15.1 Å². The number of furan rings is 1. The highest BCUT2D eigenvalue weighted by atomic mass is 16.3. The Labute approximate surface area is 138 Å². The minimum atomic E-state index is -0.321. The van der Waals surface area contributed by atoms with E-state index in [1.165, 1.54) is 10.9 Å². The summed E-state index contributed by atoms with van der Waals surface area (Å²) in [7, 11) is 0. The minimum Gasteiger partial charge on any atom is -0.443 e. The Morgan fingerprint density at radius 1 is 1.33 bits per heavy atom. The van der Waals surface area contributed by atoms with E-state index in [0.717, 1.165) is 5.56 Å². The van der Waals surface area contributed by atoms with Crippen LogP contribution in [-0.4, -0.2) is 39.4 Å². The second kappa shape index (κ2) is 6.10. The molecule has 1 aliphatic rings. The zero-order chi connectivity index (χ0) is 17.4. The number of amides is 2. The summed E-state index contributed by atoms with van der Waals surface area (Å²) in [6.07, 6.45) is 2.46. The van der Waals surface area contributed by atoms with Crippen molar-refractivity contribution in [3.05, 3.63) is 28.0 Å². The molecule has 2 aromatic rings. The first kappa shape index (κ1) is 16.2. The van der Waals surface area contributed by atoms with Crippen molar-refractivity contribution < 1.29 is 14.0 Å². The third-order valence-corrected chi connectivity index (χ3v) is 4.71. The Bertz CT molecular complexity index is 859. The highest BCUT2D eigenvalue weighted by Crippen LogP contribution is 2.19. The summed E-state index contributed by atoms with van der Waals surface area (Å²) in [5.74, 6) is -0.0173. The second-order valence-corrected chi connectivity index (χ2v) is 6.20. The summed E-state index contributed by atoms with van der Waals surface area (Å²) in [5, 5.41) is 0.412. The predicted molar refractivity (Wildman–Crippen MR) is 86.2 cm³/mol. The molecule has 8 heteroatoms.